The molecule has 1 aliphatic carbocycles. The fourth-order valence-electron chi connectivity index (χ4n) is 2.86. The lowest BCUT2D eigenvalue weighted by Gasteiger charge is -2.22. The Morgan fingerprint density at radius 3 is 2.50 bits per heavy atom. The highest BCUT2D eigenvalue weighted by Crippen LogP contribution is 2.24. The molecule has 1 heterocycles. The molecule has 0 radical (unpaired) electrons. The number of carbonyl (C=O) groups is 1. The van der Waals surface area contributed by atoms with Gasteiger partial charge in [0.05, 0.1) is 5.75 Å². The molecule has 6 nitrogen and oxygen atoms in total. The molecule has 1 aromatic heterocycles. The van der Waals surface area contributed by atoms with E-state index < -0.39 is 22.0 Å². The quantitative estimate of drug-likeness (QED) is 0.793. The largest absolute Gasteiger partial charge is 0.480 e. The molecule has 7 heteroatoms. The molecule has 0 bridgehead atoms. The van der Waals surface area contributed by atoms with E-state index in [9.17, 15) is 18.3 Å². The summed E-state index contributed by atoms with van der Waals surface area (Å²) in [5, 5.41) is 9.26. The molecule has 0 amide bonds. The van der Waals surface area contributed by atoms with Gasteiger partial charge in [-0.05, 0) is 42.9 Å². The summed E-state index contributed by atoms with van der Waals surface area (Å²) >= 11 is 0. The standard InChI is InChI=1S/C15H22N2O4S/c18-15(19)14(10-12-6-8-16-9-7-12)17-22(20,21)11-13-4-2-1-3-5-13/h6-9,13-14,17H,1-5,10-11H2,(H,18,19). The van der Waals surface area contributed by atoms with Crippen molar-refractivity contribution in [3.63, 3.8) is 0 Å². The number of carboxylic acid groups (broad SMARTS) is 1. The van der Waals surface area contributed by atoms with Gasteiger partial charge in [0.1, 0.15) is 6.04 Å². The van der Waals surface area contributed by atoms with Crippen LogP contribution in [0.2, 0.25) is 0 Å². The maximum absolute atomic E-state index is 12.2. The van der Waals surface area contributed by atoms with Crippen molar-refractivity contribution >= 4 is 16.0 Å². The predicted molar refractivity (Wildman–Crippen MR) is 82.9 cm³/mol. The molecule has 0 aliphatic heterocycles. The molecule has 1 aromatic rings. The second kappa shape index (κ2) is 7.69. The predicted octanol–water partition coefficient (Wildman–Crippen LogP) is 1.58. The number of nitrogens with zero attached hydrogens (tertiary/aromatic N) is 1. The minimum absolute atomic E-state index is 0.0210. The fraction of sp³-hybridized carbons (Fsp3) is 0.600. The molecule has 0 saturated heterocycles. The average molecular weight is 326 g/mol. The number of pyridine rings is 1. The van der Waals surface area contributed by atoms with Crippen LogP contribution in [0.25, 0.3) is 0 Å². The fourth-order valence-corrected chi connectivity index (χ4v) is 4.53. The molecular weight excluding hydrogens is 304 g/mol. The van der Waals surface area contributed by atoms with Gasteiger partial charge in [-0.3, -0.25) is 9.78 Å². The highest BCUT2D eigenvalue weighted by Gasteiger charge is 2.27. The first kappa shape index (κ1) is 16.9. The topological polar surface area (TPSA) is 96.4 Å². The van der Waals surface area contributed by atoms with Crippen LogP contribution in [-0.4, -0.2) is 36.3 Å². The van der Waals surface area contributed by atoms with Gasteiger partial charge >= 0.3 is 5.97 Å². The molecule has 0 aromatic carbocycles. The van der Waals surface area contributed by atoms with E-state index in [1.54, 1.807) is 24.5 Å². The molecule has 22 heavy (non-hydrogen) atoms. The number of aromatic nitrogens is 1. The van der Waals surface area contributed by atoms with Gasteiger partial charge in [-0.15, -0.1) is 0 Å². The molecule has 1 fully saturated rings. The molecule has 1 atom stereocenters. The number of hydrogen-bond acceptors (Lipinski definition) is 4. The zero-order valence-corrected chi connectivity index (χ0v) is 13.3. The van der Waals surface area contributed by atoms with E-state index in [1.165, 1.54) is 0 Å². The third-order valence-electron chi connectivity index (χ3n) is 3.99. The Balaban J connectivity index is 1.98. The average Bonchev–Trinajstić information content (AvgIpc) is 2.48. The van der Waals surface area contributed by atoms with Crippen molar-refractivity contribution in [3.05, 3.63) is 30.1 Å². The van der Waals surface area contributed by atoms with Crippen molar-refractivity contribution in [2.45, 2.75) is 44.6 Å². The van der Waals surface area contributed by atoms with Crippen LogP contribution in [0, 0.1) is 5.92 Å². The lowest BCUT2D eigenvalue weighted by molar-refractivity contribution is -0.138. The van der Waals surface area contributed by atoms with Gasteiger partial charge in [-0.1, -0.05) is 19.3 Å². The van der Waals surface area contributed by atoms with Gasteiger partial charge in [0, 0.05) is 12.4 Å². The van der Waals surface area contributed by atoms with Crippen molar-refractivity contribution in [1.82, 2.24) is 9.71 Å². The van der Waals surface area contributed by atoms with Gasteiger partial charge in [0.15, 0.2) is 0 Å². The second-order valence-electron chi connectivity index (χ2n) is 5.85. The Kier molecular flexibility index (Phi) is 5.90. The molecule has 2 N–H and O–H groups in total. The Morgan fingerprint density at radius 2 is 1.91 bits per heavy atom. The van der Waals surface area contributed by atoms with Crippen LogP contribution in [0.4, 0.5) is 0 Å². The molecule has 1 saturated carbocycles. The minimum Gasteiger partial charge on any atom is -0.480 e. The van der Waals surface area contributed by atoms with Gasteiger partial charge < -0.3 is 5.11 Å². The zero-order chi connectivity index (χ0) is 16.0. The van der Waals surface area contributed by atoms with Crippen LogP contribution in [0.1, 0.15) is 37.7 Å². The van der Waals surface area contributed by atoms with E-state index in [-0.39, 0.29) is 18.1 Å². The van der Waals surface area contributed by atoms with E-state index in [0.717, 1.165) is 37.7 Å². The van der Waals surface area contributed by atoms with E-state index in [4.69, 9.17) is 0 Å². The number of sulfonamides is 1. The maximum Gasteiger partial charge on any atom is 0.322 e. The molecule has 1 aliphatic rings. The Bertz CT molecular complexity index is 583. The van der Waals surface area contributed by atoms with Crippen LogP contribution in [0.5, 0.6) is 0 Å². The first-order valence-corrected chi connectivity index (χ1v) is 9.23. The van der Waals surface area contributed by atoms with Crippen molar-refractivity contribution in [2.24, 2.45) is 5.92 Å². The van der Waals surface area contributed by atoms with Crippen LogP contribution < -0.4 is 4.72 Å². The third kappa shape index (κ3) is 5.38. The summed E-state index contributed by atoms with van der Waals surface area (Å²) in [7, 11) is -3.59. The van der Waals surface area contributed by atoms with Gasteiger partial charge in [0.2, 0.25) is 10.0 Å². The van der Waals surface area contributed by atoms with E-state index in [1.807, 2.05) is 0 Å². The lowest BCUT2D eigenvalue weighted by Crippen LogP contribution is -2.44. The summed E-state index contributed by atoms with van der Waals surface area (Å²) in [6.45, 7) is 0. The number of nitrogens with one attached hydrogen (secondary N) is 1. The van der Waals surface area contributed by atoms with Crippen molar-refractivity contribution < 1.29 is 18.3 Å². The van der Waals surface area contributed by atoms with Crippen molar-refractivity contribution in [1.29, 1.82) is 0 Å². The molecule has 0 spiro atoms. The van der Waals surface area contributed by atoms with Gasteiger partial charge in [-0.2, -0.15) is 0 Å². The third-order valence-corrected chi connectivity index (χ3v) is 5.54. The Hall–Kier alpha value is -1.47. The molecule has 1 unspecified atom stereocenters. The van der Waals surface area contributed by atoms with Crippen LogP contribution in [-0.2, 0) is 21.2 Å². The van der Waals surface area contributed by atoms with Crippen molar-refractivity contribution in [2.75, 3.05) is 5.75 Å². The first-order valence-electron chi connectivity index (χ1n) is 7.58. The van der Waals surface area contributed by atoms with Gasteiger partial charge in [-0.25, -0.2) is 13.1 Å². The minimum atomic E-state index is -3.59. The summed E-state index contributed by atoms with van der Waals surface area (Å²) in [5.74, 6) is -1.00. The van der Waals surface area contributed by atoms with E-state index in [2.05, 4.69) is 9.71 Å². The van der Waals surface area contributed by atoms with Crippen LogP contribution >= 0.6 is 0 Å². The lowest BCUT2D eigenvalue weighted by atomic mass is 9.91. The first-order chi connectivity index (χ1) is 10.5. The normalized spacial score (nSPS) is 18.0. The molecule has 2 rings (SSSR count). The summed E-state index contributed by atoms with van der Waals surface area (Å²) in [5.41, 5.74) is 0.739. The van der Waals surface area contributed by atoms with E-state index in [0.29, 0.717) is 0 Å². The number of hydrogen-bond donors (Lipinski definition) is 2. The highest BCUT2D eigenvalue weighted by atomic mass is 32.2. The number of carboxylic acids is 1. The summed E-state index contributed by atoms with van der Waals surface area (Å²) in [4.78, 5) is 15.2. The second-order valence-corrected chi connectivity index (χ2v) is 7.65. The van der Waals surface area contributed by atoms with Crippen LogP contribution in [0.15, 0.2) is 24.5 Å². The van der Waals surface area contributed by atoms with Crippen molar-refractivity contribution in [3.8, 4) is 0 Å². The maximum atomic E-state index is 12.2. The Morgan fingerprint density at radius 1 is 1.27 bits per heavy atom. The molecular formula is C15H22N2O4S. The number of rotatable bonds is 7. The smallest absolute Gasteiger partial charge is 0.322 e. The Labute approximate surface area is 131 Å². The molecule has 122 valence electrons. The number of aliphatic carboxylic acids is 1. The van der Waals surface area contributed by atoms with E-state index >= 15 is 0 Å². The summed E-state index contributed by atoms with van der Waals surface area (Å²) < 4.78 is 26.8. The summed E-state index contributed by atoms with van der Waals surface area (Å²) in [6, 6.07) is 2.23. The van der Waals surface area contributed by atoms with Gasteiger partial charge in [0.25, 0.3) is 0 Å². The highest BCUT2D eigenvalue weighted by molar-refractivity contribution is 7.89. The monoisotopic (exact) mass is 326 g/mol. The van der Waals surface area contributed by atoms with Crippen LogP contribution in [0.3, 0.4) is 0 Å². The zero-order valence-electron chi connectivity index (χ0n) is 12.4. The summed E-state index contributed by atoms with van der Waals surface area (Å²) in [6.07, 6.45) is 8.31. The SMILES string of the molecule is O=C(O)C(Cc1ccncc1)NS(=O)(=O)CC1CCCCC1.